The number of sulfonamides is 1. The van der Waals surface area contributed by atoms with E-state index < -0.39 is 10.0 Å². The second-order valence-corrected chi connectivity index (χ2v) is 9.34. The molecular formula is C23H23ClN2O3S. The fourth-order valence-electron chi connectivity index (χ4n) is 2.95. The van der Waals surface area contributed by atoms with Gasteiger partial charge in [0.15, 0.2) is 0 Å². The topological polar surface area (TPSA) is 57.7 Å². The van der Waals surface area contributed by atoms with Gasteiger partial charge in [-0.1, -0.05) is 59.6 Å². The molecule has 3 aromatic rings. The van der Waals surface area contributed by atoms with Crippen molar-refractivity contribution in [1.82, 2.24) is 4.90 Å². The van der Waals surface area contributed by atoms with Crippen molar-refractivity contribution in [1.29, 1.82) is 0 Å². The summed E-state index contributed by atoms with van der Waals surface area (Å²) >= 11 is 5.97. The summed E-state index contributed by atoms with van der Waals surface area (Å²) in [5.74, 6) is -0.315. The maximum absolute atomic E-state index is 13.4. The molecule has 0 heterocycles. The lowest BCUT2D eigenvalue weighted by molar-refractivity contribution is -0.128. The van der Waals surface area contributed by atoms with Gasteiger partial charge in [-0.05, 0) is 48.9 Å². The predicted molar refractivity (Wildman–Crippen MR) is 120 cm³/mol. The van der Waals surface area contributed by atoms with Gasteiger partial charge in [-0.2, -0.15) is 0 Å². The van der Waals surface area contributed by atoms with Crippen LogP contribution in [0, 0.1) is 6.92 Å². The van der Waals surface area contributed by atoms with Crippen LogP contribution in [0.2, 0.25) is 5.02 Å². The highest BCUT2D eigenvalue weighted by molar-refractivity contribution is 7.92. The Labute approximate surface area is 182 Å². The largest absolute Gasteiger partial charge is 0.340 e. The number of carbonyl (C=O) groups excluding carboxylic acids is 1. The van der Waals surface area contributed by atoms with Crippen LogP contribution in [-0.4, -0.2) is 32.8 Å². The van der Waals surface area contributed by atoms with Crippen molar-refractivity contribution in [3.8, 4) is 0 Å². The van der Waals surface area contributed by atoms with Gasteiger partial charge in [-0.3, -0.25) is 9.10 Å². The minimum absolute atomic E-state index is 0.126. The molecule has 0 aliphatic carbocycles. The second-order valence-electron chi connectivity index (χ2n) is 7.04. The molecule has 0 spiro atoms. The molecule has 0 bridgehead atoms. The molecule has 5 nitrogen and oxygen atoms in total. The van der Waals surface area contributed by atoms with Gasteiger partial charge >= 0.3 is 0 Å². The van der Waals surface area contributed by atoms with Gasteiger partial charge in [-0.25, -0.2) is 8.42 Å². The van der Waals surface area contributed by atoms with Gasteiger partial charge in [0.2, 0.25) is 5.91 Å². The van der Waals surface area contributed by atoms with Crippen LogP contribution >= 0.6 is 11.6 Å². The van der Waals surface area contributed by atoms with E-state index in [0.717, 1.165) is 15.4 Å². The van der Waals surface area contributed by atoms with Crippen LogP contribution in [0.15, 0.2) is 83.8 Å². The number of halogens is 1. The van der Waals surface area contributed by atoms with Crippen LogP contribution in [-0.2, 0) is 21.4 Å². The number of benzene rings is 3. The van der Waals surface area contributed by atoms with Crippen molar-refractivity contribution >= 4 is 33.2 Å². The van der Waals surface area contributed by atoms with Crippen LogP contribution < -0.4 is 4.31 Å². The van der Waals surface area contributed by atoms with Gasteiger partial charge in [0.05, 0.1) is 10.6 Å². The molecule has 7 heteroatoms. The molecule has 0 saturated carbocycles. The fourth-order valence-corrected chi connectivity index (χ4v) is 4.49. The molecule has 0 aliphatic rings. The molecule has 3 aromatic carbocycles. The summed E-state index contributed by atoms with van der Waals surface area (Å²) in [6, 6.07) is 22.5. The third kappa shape index (κ3) is 5.20. The highest BCUT2D eigenvalue weighted by Crippen LogP contribution is 2.25. The highest BCUT2D eigenvalue weighted by Gasteiger charge is 2.28. The zero-order valence-electron chi connectivity index (χ0n) is 16.8. The Bertz CT molecular complexity index is 1100. The Hall–Kier alpha value is -2.83. The van der Waals surface area contributed by atoms with E-state index in [1.165, 1.54) is 4.90 Å². The average Bonchev–Trinajstić information content (AvgIpc) is 2.73. The van der Waals surface area contributed by atoms with Gasteiger partial charge < -0.3 is 4.90 Å². The summed E-state index contributed by atoms with van der Waals surface area (Å²) in [4.78, 5) is 14.6. The average molecular weight is 443 g/mol. The summed E-state index contributed by atoms with van der Waals surface area (Å²) in [6.45, 7) is 1.95. The quantitative estimate of drug-likeness (QED) is 0.541. The van der Waals surface area contributed by atoms with E-state index in [9.17, 15) is 13.2 Å². The number of carbonyl (C=O) groups is 1. The molecular weight excluding hydrogens is 420 g/mol. The van der Waals surface area contributed by atoms with E-state index in [1.807, 2.05) is 37.3 Å². The minimum atomic E-state index is -3.94. The Balaban J connectivity index is 1.90. The molecule has 0 aromatic heterocycles. The molecule has 0 radical (unpaired) electrons. The first-order chi connectivity index (χ1) is 14.3. The van der Waals surface area contributed by atoms with Gasteiger partial charge in [0.25, 0.3) is 10.0 Å². The number of likely N-dealkylation sites (N-methyl/N-ethyl adjacent to an activating group) is 1. The lowest BCUT2D eigenvalue weighted by Crippen LogP contribution is -2.41. The van der Waals surface area contributed by atoms with Crippen molar-refractivity contribution in [2.24, 2.45) is 0 Å². The normalized spacial score (nSPS) is 11.2. The zero-order chi connectivity index (χ0) is 21.7. The van der Waals surface area contributed by atoms with Crippen LogP contribution in [0.1, 0.15) is 11.1 Å². The first-order valence-corrected chi connectivity index (χ1v) is 11.2. The van der Waals surface area contributed by atoms with Crippen molar-refractivity contribution in [2.45, 2.75) is 18.4 Å². The molecule has 0 fully saturated rings. The number of nitrogens with zero attached hydrogens (tertiary/aromatic N) is 2. The van der Waals surface area contributed by atoms with Crippen molar-refractivity contribution in [3.63, 3.8) is 0 Å². The first kappa shape index (κ1) is 21.9. The lowest BCUT2D eigenvalue weighted by atomic mass is 10.2. The minimum Gasteiger partial charge on any atom is -0.340 e. The maximum Gasteiger partial charge on any atom is 0.264 e. The molecule has 156 valence electrons. The number of aryl methyl sites for hydroxylation is 1. The van der Waals surface area contributed by atoms with Crippen LogP contribution in [0.25, 0.3) is 0 Å². The fraction of sp³-hybridized carbons (Fsp3) is 0.174. The summed E-state index contributed by atoms with van der Waals surface area (Å²) in [5.41, 5.74) is 2.29. The molecule has 30 heavy (non-hydrogen) atoms. The summed E-state index contributed by atoms with van der Waals surface area (Å²) in [5, 5.41) is 0.485. The molecule has 0 saturated heterocycles. The third-order valence-corrected chi connectivity index (χ3v) is 6.73. The van der Waals surface area contributed by atoms with Crippen LogP contribution in [0.5, 0.6) is 0 Å². The summed E-state index contributed by atoms with van der Waals surface area (Å²) in [6.07, 6.45) is 0. The number of anilines is 1. The van der Waals surface area contributed by atoms with Crippen molar-refractivity contribution in [2.75, 3.05) is 17.9 Å². The molecule has 0 N–H and O–H groups in total. The molecule has 3 rings (SSSR count). The Morgan fingerprint density at radius 1 is 0.900 bits per heavy atom. The smallest absolute Gasteiger partial charge is 0.264 e. The number of amides is 1. The standard InChI is InChI=1S/C23H23ClN2O3S/c1-18-8-14-22(15-9-18)30(28,29)26(21-12-10-20(24)11-13-21)17-23(27)25(2)16-19-6-4-3-5-7-19/h3-15H,16-17H2,1-2H3. The van der Waals surface area contributed by atoms with E-state index in [4.69, 9.17) is 11.6 Å². The summed E-state index contributed by atoms with van der Waals surface area (Å²) < 4.78 is 27.9. The Morgan fingerprint density at radius 2 is 1.50 bits per heavy atom. The first-order valence-electron chi connectivity index (χ1n) is 9.40. The second kappa shape index (κ2) is 9.32. The zero-order valence-corrected chi connectivity index (χ0v) is 18.4. The van der Waals surface area contributed by atoms with Crippen LogP contribution in [0.4, 0.5) is 5.69 Å². The SMILES string of the molecule is Cc1ccc(S(=O)(=O)N(CC(=O)N(C)Cc2ccccc2)c2ccc(Cl)cc2)cc1. The van der Waals surface area contributed by atoms with Crippen molar-refractivity contribution < 1.29 is 13.2 Å². The van der Waals surface area contributed by atoms with Crippen molar-refractivity contribution in [3.05, 3.63) is 95.0 Å². The van der Waals surface area contributed by atoms with Gasteiger partial charge in [-0.15, -0.1) is 0 Å². The third-order valence-electron chi connectivity index (χ3n) is 4.69. The van der Waals surface area contributed by atoms with Gasteiger partial charge in [0, 0.05) is 18.6 Å². The molecule has 0 aliphatic heterocycles. The number of hydrogen-bond donors (Lipinski definition) is 0. The van der Waals surface area contributed by atoms with E-state index >= 15 is 0 Å². The summed E-state index contributed by atoms with van der Waals surface area (Å²) in [7, 11) is -2.28. The predicted octanol–water partition coefficient (Wildman–Crippen LogP) is 4.50. The van der Waals surface area contributed by atoms with E-state index in [2.05, 4.69) is 0 Å². The number of rotatable bonds is 7. The van der Waals surface area contributed by atoms with E-state index in [0.29, 0.717) is 17.3 Å². The van der Waals surface area contributed by atoms with E-state index in [-0.39, 0.29) is 17.3 Å². The highest BCUT2D eigenvalue weighted by atomic mass is 35.5. The molecule has 0 unspecified atom stereocenters. The maximum atomic E-state index is 13.4. The lowest BCUT2D eigenvalue weighted by Gasteiger charge is -2.27. The Morgan fingerprint density at radius 3 is 2.10 bits per heavy atom. The Kier molecular flexibility index (Phi) is 6.80. The van der Waals surface area contributed by atoms with E-state index in [1.54, 1.807) is 55.6 Å². The van der Waals surface area contributed by atoms with Crippen LogP contribution in [0.3, 0.4) is 0 Å². The monoisotopic (exact) mass is 442 g/mol. The number of hydrogen-bond acceptors (Lipinski definition) is 3. The molecule has 1 amide bonds. The van der Waals surface area contributed by atoms with Gasteiger partial charge in [0.1, 0.15) is 6.54 Å². The molecule has 0 atom stereocenters.